The first-order valence-electron chi connectivity index (χ1n) is 8.96. The minimum atomic E-state index is -0.0255. The normalized spacial score (nSPS) is 18.5. The molecule has 7 heteroatoms. The Bertz CT molecular complexity index is 930. The molecule has 1 aliphatic rings. The van der Waals surface area contributed by atoms with E-state index in [9.17, 15) is 0 Å². The standard InChI is InChI=1S/C19H24N6O/c1-12-7-14(3)25-19(22-12)16(9-20-25)10-24-5-6-26-18(11-24)17-8-13(2)21-15(4)23-17/h7-9,18H,5-6,10-11H2,1-4H3/t18-/m0/s1. The molecule has 3 aromatic heterocycles. The van der Waals surface area contributed by atoms with Crippen molar-refractivity contribution in [3.8, 4) is 0 Å². The molecule has 4 rings (SSSR count). The molecule has 1 saturated heterocycles. The van der Waals surface area contributed by atoms with Gasteiger partial charge in [0.25, 0.3) is 0 Å². The molecule has 0 aromatic carbocycles. The minimum absolute atomic E-state index is 0.0255. The molecule has 26 heavy (non-hydrogen) atoms. The van der Waals surface area contributed by atoms with E-state index in [1.54, 1.807) is 0 Å². The largest absolute Gasteiger partial charge is 0.369 e. The number of aryl methyl sites for hydroxylation is 4. The molecular formula is C19H24N6O. The lowest BCUT2D eigenvalue weighted by molar-refractivity contribution is -0.0350. The SMILES string of the molecule is Cc1cc([C@@H]2CN(Cc3cnn4c(C)cc(C)nc34)CCO2)nc(C)n1. The Balaban J connectivity index is 1.56. The van der Waals surface area contributed by atoms with Crippen LogP contribution in [0.15, 0.2) is 18.3 Å². The van der Waals surface area contributed by atoms with E-state index in [0.717, 1.165) is 59.4 Å². The Labute approximate surface area is 153 Å². The fourth-order valence-corrected chi connectivity index (χ4v) is 3.60. The molecule has 0 radical (unpaired) electrons. The van der Waals surface area contributed by atoms with Crippen LogP contribution >= 0.6 is 0 Å². The molecule has 1 fully saturated rings. The van der Waals surface area contributed by atoms with Crippen molar-refractivity contribution in [1.29, 1.82) is 0 Å². The molecule has 0 N–H and O–H groups in total. The number of ether oxygens (including phenoxy) is 1. The summed E-state index contributed by atoms with van der Waals surface area (Å²) in [5.74, 6) is 0.790. The van der Waals surface area contributed by atoms with E-state index in [1.807, 2.05) is 43.6 Å². The predicted octanol–water partition coefficient (Wildman–Crippen LogP) is 2.33. The quantitative estimate of drug-likeness (QED) is 0.721. The third-order valence-electron chi connectivity index (χ3n) is 4.71. The van der Waals surface area contributed by atoms with Gasteiger partial charge in [-0.2, -0.15) is 5.10 Å². The summed E-state index contributed by atoms with van der Waals surface area (Å²) in [6.45, 7) is 11.2. The van der Waals surface area contributed by atoms with Crippen LogP contribution in [0, 0.1) is 27.7 Å². The Morgan fingerprint density at radius 2 is 1.88 bits per heavy atom. The monoisotopic (exact) mass is 352 g/mol. The second kappa shape index (κ2) is 6.74. The van der Waals surface area contributed by atoms with Gasteiger partial charge in [0, 0.05) is 42.3 Å². The number of nitrogens with zero attached hydrogens (tertiary/aromatic N) is 6. The van der Waals surface area contributed by atoms with E-state index in [4.69, 9.17) is 4.74 Å². The zero-order valence-electron chi connectivity index (χ0n) is 15.7. The van der Waals surface area contributed by atoms with Gasteiger partial charge >= 0.3 is 0 Å². The third-order valence-corrected chi connectivity index (χ3v) is 4.71. The van der Waals surface area contributed by atoms with Gasteiger partial charge in [-0.3, -0.25) is 4.90 Å². The van der Waals surface area contributed by atoms with Crippen LogP contribution in [-0.4, -0.2) is 49.2 Å². The molecule has 0 unspecified atom stereocenters. The number of hydrogen-bond acceptors (Lipinski definition) is 6. The van der Waals surface area contributed by atoms with Crippen LogP contribution in [0.4, 0.5) is 0 Å². The van der Waals surface area contributed by atoms with Crippen molar-refractivity contribution in [3.63, 3.8) is 0 Å². The van der Waals surface area contributed by atoms with Gasteiger partial charge in [-0.05, 0) is 39.8 Å². The van der Waals surface area contributed by atoms with Gasteiger partial charge in [0.1, 0.15) is 11.9 Å². The maximum atomic E-state index is 5.98. The molecular weight excluding hydrogens is 328 g/mol. The summed E-state index contributed by atoms with van der Waals surface area (Å²) in [7, 11) is 0. The molecule has 0 amide bonds. The van der Waals surface area contributed by atoms with Gasteiger partial charge in [0.05, 0.1) is 18.5 Å². The lowest BCUT2D eigenvalue weighted by atomic mass is 10.1. The van der Waals surface area contributed by atoms with E-state index in [2.05, 4.69) is 31.9 Å². The molecule has 136 valence electrons. The summed E-state index contributed by atoms with van der Waals surface area (Å²) in [5.41, 5.74) is 6.15. The van der Waals surface area contributed by atoms with Crippen molar-refractivity contribution < 1.29 is 4.74 Å². The highest BCUT2D eigenvalue weighted by molar-refractivity contribution is 5.47. The number of fused-ring (bicyclic) bond motifs is 1. The third kappa shape index (κ3) is 3.32. The summed E-state index contributed by atoms with van der Waals surface area (Å²) >= 11 is 0. The Hall–Kier alpha value is -2.38. The van der Waals surface area contributed by atoms with Crippen molar-refractivity contribution in [1.82, 2.24) is 29.5 Å². The molecule has 3 aromatic rings. The van der Waals surface area contributed by atoms with E-state index in [1.165, 1.54) is 0 Å². The smallest absolute Gasteiger partial charge is 0.159 e. The van der Waals surface area contributed by atoms with Gasteiger partial charge in [0.2, 0.25) is 0 Å². The predicted molar refractivity (Wildman–Crippen MR) is 97.9 cm³/mol. The van der Waals surface area contributed by atoms with Crippen LogP contribution in [0.2, 0.25) is 0 Å². The van der Waals surface area contributed by atoms with Gasteiger partial charge in [-0.25, -0.2) is 19.5 Å². The number of rotatable bonds is 3. The Kier molecular flexibility index (Phi) is 4.42. The highest BCUT2D eigenvalue weighted by Crippen LogP contribution is 2.23. The molecule has 1 aliphatic heterocycles. The second-order valence-electron chi connectivity index (χ2n) is 7.02. The molecule has 7 nitrogen and oxygen atoms in total. The van der Waals surface area contributed by atoms with Crippen molar-refractivity contribution in [2.24, 2.45) is 0 Å². The lowest BCUT2D eigenvalue weighted by Crippen LogP contribution is -2.38. The topological polar surface area (TPSA) is 68.4 Å². The Morgan fingerprint density at radius 1 is 1.08 bits per heavy atom. The fraction of sp³-hybridized carbons (Fsp3) is 0.474. The zero-order valence-corrected chi connectivity index (χ0v) is 15.7. The second-order valence-corrected chi connectivity index (χ2v) is 7.02. The van der Waals surface area contributed by atoms with Crippen LogP contribution in [-0.2, 0) is 11.3 Å². The number of aromatic nitrogens is 5. The van der Waals surface area contributed by atoms with Gasteiger partial charge < -0.3 is 4.74 Å². The van der Waals surface area contributed by atoms with Crippen LogP contribution in [0.25, 0.3) is 5.65 Å². The first kappa shape index (κ1) is 17.1. The van der Waals surface area contributed by atoms with Crippen molar-refractivity contribution >= 4 is 5.65 Å². The molecule has 0 aliphatic carbocycles. The van der Waals surface area contributed by atoms with Crippen LogP contribution in [0.3, 0.4) is 0 Å². The minimum Gasteiger partial charge on any atom is -0.369 e. The first-order chi connectivity index (χ1) is 12.5. The van der Waals surface area contributed by atoms with E-state index in [0.29, 0.717) is 6.61 Å². The van der Waals surface area contributed by atoms with E-state index >= 15 is 0 Å². The molecule has 1 atom stereocenters. The van der Waals surface area contributed by atoms with Gasteiger partial charge in [-0.1, -0.05) is 0 Å². The zero-order chi connectivity index (χ0) is 18.3. The average molecular weight is 352 g/mol. The average Bonchev–Trinajstić information content (AvgIpc) is 2.97. The van der Waals surface area contributed by atoms with Gasteiger partial charge in [0.15, 0.2) is 5.65 Å². The fourth-order valence-electron chi connectivity index (χ4n) is 3.60. The first-order valence-corrected chi connectivity index (χ1v) is 8.96. The lowest BCUT2D eigenvalue weighted by Gasteiger charge is -2.32. The van der Waals surface area contributed by atoms with Crippen LogP contribution in [0.1, 0.15) is 40.3 Å². The highest BCUT2D eigenvalue weighted by atomic mass is 16.5. The number of hydrogen-bond donors (Lipinski definition) is 0. The Morgan fingerprint density at radius 3 is 2.69 bits per heavy atom. The van der Waals surface area contributed by atoms with Crippen LogP contribution in [0.5, 0.6) is 0 Å². The molecule has 4 heterocycles. The highest BCUT2D eigenvalue weighted by Gasteiger charge is 2.24. The maximum absolute atomic E-state index is 5.98. The summed E-state index contributed by atoms with van der Waals surface area (Å²) in [4.78, 5) is 16.0. The molecule has 0 saturated carbocycles. The van der Waals surface area contributed by atoms with Crippen molar-refractivity contribution in [2.45, 2.75) is 40.3 Å². The van der Waals surface area contributed by atoms with E-state index in [-0.39, 0.29) is 6.10 Å². The summed E-state index contributed by atoms with van der Waals surface area (Å²) in [6.07, 6.45) is 1.90. The number of morpholine rings is 1. The maximum Gasteiger partial charge on any atom is 0.159 e. The van der Waals surface area contributed by atoms with Crippen molar-refractivity contribution in [3.05, 3.63) is 52.5 Å². The van der Waals surface area contributed by atoms with E-state index < -0.39 is 0 Å². The summed E-state index contributed by atoms with van der Waals surface area (Å²) in [5, 5.41) is 4.50. The summed E-state index contributed by atoms with van der Waals surface area (Å²) < 4.78 is 7.89. The van der Waals surface area contributed by atoms with Gasteiger partial charge in [-0.15, -0.1) is 0 Å². The summed E-state index contributed by atoms with van der Waals surface area (Å²) in [6, 6.07) is 4.07. The van der Waals surface area contributed by atoms with Crippen LogP contribution < -0.4 is 0 Å². The van der Waals surface area contributed by atoms with Crippen molar-refractivity contribution in [2.75, 3.05) is 19.7 Å². The molecule has 0 spiro atoms. The molecule has 0 bridgehead atoms.